The Bertz CT molecular complexity index is 1700. The number of cyclic esters (lactones) is 1. The maximum atomic E-state index is 14.3. The number of hydrogen-bond acceptors (Lipinski definition) is 7. The van der Waals surface area contributed by atoms with Crippen molar-refractivity contribution in [2.24, 2.45) is 17.8 Å². The molecule has 294 valence electrons. The second-order valence-corrected chi connectivity index (χ2v) is 15.2. The minimum Gasteiger partial charge on any atom is -0.505 e. The second kappa shape index (κ2) is 20.5. The first kappa shape index (κ1) is 44.3. The van der Waals surface area contributed by atoms with Crippen LogP contribution in [-0.4, -0.2) is 72.1 Å². The lowest BCUT2D eigenvalue weighted by Gasteiger charge is -2.33. The Morgan fingerprint density at radius 1 is 1.00 bits per heavy atom. The number of carbonyl (C=O) groups is 4. The summed E-state index contributed by atoms with van der Waals surface area (Å²) in [5, 5.41) is 15.8. The Kier molecular flexibility index (Phi) is 16.8. The standard InChI is InChI=1S/C42H55Cl2N3O7/c1-10-25(4)36-40(50)45-33(23-29-21-31(43)37(48)32(44)22-29)39(49)46-35(24(2)3)42(52)54-38(30-17-12-11-13-18-30)27(6)16-14-15-26(5)34(53-9)20-19-28(7)41(51)47(36)8/h11-19,21-22,24-25,27,33-36,38,48H,10,20,23H2,1-9H3,(H,45,50)(H,46,49)/b16-14+,26-15+,28-19+/t25-,27+,33+,34+,35-,36-,38-/m0/s1. The average Bonchev–Trinajstić information content (AvgIpc) is 3.13. The molecule has 0 unspecified atom stereocenters. The lowest BCUT2D eigenvalue weighted by molar-refractivity contribution is -0.156. The molecule has 1 aliphatic rings. The number of benzene rings is 2. The van der Waals surface area contributed by atoms with Crippen LogP contribution in [0.2, 0.25) is 10.0 Å². The van der Waals surface area contributed by atoms with Crippen LogP contribution >= 0.6 is 23.2 Å². The van der Waals surface area contributed by atoms with E-state index in [2.05, 4.69) is 10.6 Å². The number of ether oxygens (including phenoxy) is 2. The normalized spacial score (nSPS) is 27.4. The van der Waals surface area contributed by atoms with E-state index < -0.39 is 47.9 Å². The van der Waals surface area contributed by atoms with E-state index in [0.717, 1.165) is 11.1 Å². The van der Waals surface area contributed by atoms with E-state index in [4.69, 9.17) is 32.7 Å². The molecule has 0 spiro atoms. The van der Waals surface area contributed by atoms with E-state index in [1.54, 1.807) is 41.0 Å². The molecule has 0 fully saturated rings. The van der Waals surface area contributed by atoms with Crippen LogP contribution in [0.5, 0.6) is 5.75 Å². The predicted molar refractivity (Wildman–Crippen MR) is 213 cm³/mol. The van der Waals surface area contributed by atoms with Crippen molar-refractivity contribution in [3.05, 3.63) is 99.1 Å². The zero-order valence-electron chi connectivity index (χ0n) is 32.7. The Labute approximate surface area is 329 Å². The van der Waals surface area contributed by atoms with Gasteiger partial charge in [0.05, 0.1) is 16.1 Å². The largest absolute Gasteiger partial charge is 0.505 e. The summed E-state index contributed by atoms with van der Waals surface area (Å²) in [7, 11) is 3.18. The van der Waals surface area contributed by atoms with Gasteiger partial charge in [-0.15, -0.1) is 0 Å². The summed E-state index contributed by atoms with van der Waals surface area (Å²) < 4.78 is 12.0. The number of carbonyl (C=O) groups excluding carboxylic acids is 4. The summed E-state index contributed by atoms with van der Waals surface area (Å²) in [4.78, 5) is 57.8. The lowest BCUT2D eigenvalue weighted by Crippen LogP contribution is -2.58. The third kappa shape index (κ3) is 11.7. The van der Waals surface area contributed by atoms with Crippen molar-refractivity contribution in [1.29, 1.82) is 0 Å². The van der Waals surface area contributed by atoms with Gasteiger partial charge in [-0.3, -0.25) is 14.4 Å². The molecule has 2 aromatic rings. The zero-order chi connectivity index (χ0) is 40.3. The summed E-state index contributed by atoms with van der Waals surface area (Å²) in [5.74, 6) is -3.50. The van der Waals surface area contributed by atoms with Gasteiger partial charge in [-0.05, 0) is 60.9 Å². The number of likely N-dealkylation sites (N-methyl/N-ethyl adjacent to an activating group) is 1. The van der Waals surface area contributed by atoms with Gasteiger partial charge in [0.1, 0.15) is 24.2 Å². The Balaban J connectivity index is 2.18. The third-order valence-electron chi connectivity index (χ3n) is 9.95. The highest BCUT2D eigenvalue weighted by atomic mass is 35.5. The number of nitrogens with one attached hydrogen (secondary N) is 2. The number of rotatable bonds is 7. The Morgan fingerprint density at radius 2 is 1.63 bits per heavy atom. The zero-order valence-corrected chi connectivity index (χ0v) is 34.2. The number of allylic oxidation sites excluding steroid dienone is 2. The van der Waals surface area contributed by atoms with Gasteiger partial charge in [0.15, 0.2) is 5.75 Å². The SMILES string of the molecule is CC[C@H](C)[C@H]1C(=O)N[C@H](Cc2cc(Cl)c(O)c(Cl)c2)C(=O)N[C@@H](C(C)C)C(=O)O[C@H](c2ccccc2)[C@H](C)/C=C/C=C(\C)[C@H](OC)C/C=C(\C)C(=O)N1C. The molecule has 0 saturated heterocycles. The highest BCUT2D eigenvalue weighted by Gasteiger charge is 2.37. The summed E-state index contributed by atoms with van der Waals surface area (Å²) in [6, 6.07) is 9.01. The molecule has 0 bridgehead atoms. The number of amides is 3. The van der Waals surface area contributed by atoms with Gasteiger partial charge in [0.2, 0.25) is 17.7 Å². The molecular weight excluding hydrogens is 729 g/mol. The second-order valence-electron chi connectivity index (χ2n) is 14.4. The van der Waals surface area contributed by atoms with Gasteiger partial charge in [-0.2, -0.15) is 0 Å². The van der Waals surface area contributed by atoms with Crippen LogP contribution in [0.1, 0.15) is 78.5 Å². The fourth-order valence-corrected chi connectivity index (χ4v) is 6.92. The molecule has 0 aliphatic carbocycles. The number of methoxy groups -OCH3 is 1. The van der Waals surface area contributed by atoms with E-state index >= 15 is 0 Å². The molecule has 7 atom stereocenters. The lowest BCUT2D eigenvalue weighted by atomic mass is 9.95. The molecule has 10 nitrogen and oxygen atoms in total. The maximum absolute atomic E-state index is 14.3. The van der Waals surface area contributed by atoms with Crippen LogP contribution in [0.4, 0.5) is 0 Å². The number of phenols is 1. The molecule has 12 heteroatoms. The Hall–Kier alpha value is -4.12. The summed E-state index contributed by atoms with van der Waals surface area (Å²) in [6.07, 6.45) is 7.44. The molecule has 0 aromatic heterocycles. The first-order valence-corrected chi connectivity index (χ1v) is 19.1. The highest BCUT2D eigenvalue weighted by Crippen LogP contribution is 2.33. The molecular formula is C42H55Cl2N3O7. The van der Waals surface area contributed by atoms with E-state index in [0.29, 0.717) is 24.0 Å². The number of hydrogen-bond donors (Lipinski definition) is 3. The molecule has 0 radical (unpaired) electrons. The van der Waals surface area contributed by atoms with E-state index in [9.17, 15) is 24.3 Å². The van der Waals surface area contributed by atoms with E-state index in [1.807, 2.05) is 76.3 Å². The molecule has 1 heterocycles. The molecule has 3 amide bonds. The molecule has 3 N–H and O–H groups in total. The van der Waals surface area contributed by atoms with E-state index in [1.165, 1.54) is 17.0 Å². The summed E-state index contributed by atoms with van der Waals surface area (Å²) in [6.45, 7) is 12.9. The van der Waals surface area contributed by atoms with Gasteiger partial charge in [-0.1, -0.05) is 119 Å². The van der Waals surface area contributed by atoms with Crippen molar-refractivity contribution < 1.29 is 33.8 Å². The average molecular weight is 785 g/mol. The van der Waals surface area contributed by atoms with Crippen LogP contribution in [-0.2, 0) is 35.1 Å². The minimum absolute atomic E-state index is 0.0307. The molecule has 1 aliphatic heterocycles. The van der Waals surface area contributed by atoms with Crippen molar-refractivity contribution >= 4 is 46.9 Å². The Morgan fingerprint density at radius 3 is 2.20 bits per heavy atom. The third-order valence-corrected chi connectivity index (χ3v) is 10.5. The van der Waals surface area contributed by atoms with Crippen LogP contribution < -0.4 is 10.6 Å². The van der Waals surface area contributed by atoms with Crippen LogP contribution in [0.25, 0.3) is 0 Å². The molecule has 54 heavy (non-hydrogen) atoms. The summed E-state index contributed by atoms with van der Waals surface area (Å²) >= 11 is 12.5. The number of nitrogens with zero attached hydrogens (tertiary/aromatic N) is 1. The first-order valence-electron chi connectivity index (χ1n) is 18.3. The predicted octanol–water partition coefficient (Wildman–Crippen LogP) is 7.53. The smallest absolute Gasteiger partial charge is 0.329 e. The van der Waals surface area contributed by atoms with Crippen molar-refractivity contribution in [3.8, 4) is 5.75 Å². The van der Waals surface area contributed by atoms with Gasteiger partial charge >= 0.3 is 5.97 Å². The van der Waals surface area contributed by atoms with Crippen molar-refractivity contribution in [3.63, 3.8) is 0 Å². The van der Waals surface area contributed by atoms with Crippen LogP contribution in [0, 0.1) is 17.8 Å². The highest BCUT2D eigenvalue weighted by molar-refractivity contribution is 6.37. The van der Waals surface area contributed by atoms with Crippen molar-refractivity contribution in [2.75, 3.05) is 14.2 Å². The number of aromatic hydroxyl groups is 1. The fourth-order valence-electron chi connectivity index (χ4n) is 6.38. The fraction of sp³-hybridized carbons (Fsp3) is 0.476. The number of esters is 1. The minimum atomic E-state index is -1.24. The van der Waals surface area contributed by atoms with Gasteiger partial charge < -0.3 is 30.1 Å². The monoisotopic (exact) mass is 783 g/mol. The number of halogens is 2. The maximum Gasteiger partial charge on any atom is 0.329 e. The van der Waals surface area contributed by atoms with Crippen LogP contribution in [0.15, 0.2) is 77.9 Å². The molecule has 0 saturated carbocycles. The number of phenolic OH excluding ortho intramolecular Hbond substituents is 1. The quantitative estimate of drug-likeness (QED) is 0.247. The van der Waals surface area contributed by atoms with E-state index in [-0.39, 0.29) is 46.1 Å². The summed E-state index contributed by atoms with van der Waals surface area (Å²) in [5.41, 5.74) is 2.59. The topological polar surface area (TPSA) is 134 Å². The van der Waals surface area contributed by atoms with Gasteiger partial charge in [0, 0.05) is 32.1 Å². The van der Waals surface area contributed by atoms with Gasteiger partial charge in [-0.25, -0.2) is 4.79 Å². The van der Waals surface area contributed by atoms with Crippen LogP contribution in [0.3, 0.4) is 0 Å². The molecule has 3 rings (SSSR count). The molecule has 2 aromatic carbocycles. The van der Waals surface area contributed by atoms with Crippen molar-refractivity contribution in [2.45, 2.75) is 98.1 Å². The van der Waals surface area contributed by atoms with Gasteiger partial charge in [0.25, 0.3) is 0 Å². The first-order chi connectivity index (χ1) is 25.5. The van der Waals surface area contributed by atoms with Crippen molar-refractivity contribution in [1.82, 2.24) is 15.5 Å².